The molecule has 8 heteroatoms. The van der Waals surface area contributed by atoms with Gasteiger partial charge in [-0.2, -0.15) is 0 Å². The van der Waals surface area contributed by atoms with Gasteiger partial charge in [-0.15, -0.1) is 0 Å². The van der Waals surface area contributed by atoms with E-state index in [0.29, 0.717) is 5.69 Å². The zero-order valence-electron chi connectivity index (χ0n) is 13.9. The predicted octanol–water partition coefficient (Wildman–Crippen LogP) is 0.742. The molecule has 0 bridgehead atoms. The van der Waals surface area contributed by atoms with E-state index in [1.807, 2.05) is 0 Å². The molecule has 2 atom stereocenters. The van der Waals surface area contributed by atoms with Gasteiger partial charge in [0.25, 0.3) is 5.91 Å². The molecule has 0 heterocycles. The van der Waals surface area contributed by atoms with E-state index >= 15 is 0 Å². The number of hydrogen-bond donors (Lipinski definition) is 4. The van der Waals surface area contributed by atoms with E-state index in [0.717, 1.165) is 5.56 Å². The molecule has 0 fully saturated rings. The second-order valence-electron chi connectivity index (χ2n) is 5.68. The predicted molar refractivity (Wildman–Crippen MR) is 87.9 cm³/mol. The van der Waals surface area contributed by atoms with Crippen LogP contribution in [0.15, 0.2) is 24.3 Å². The summed E-state index contributed by atoms with van der Waals surface area (Å²) < 4.78 is 4.77. The van der Waals surface area contributed by atoms with Gasteiger partial charge in [0.05, 0.1) is 6.61 Å². The fourth-order valence-electron chi connectivity index (χ4n) is 1.92. The van der Waals surface area contributed by atoms with E-state index in [-0.39, 0.29) is 12.5 Å². The molecule has 3 amide bonds. The SMILES string of the molecule is CC(NC(=O)C(OC(N)=O)C(C)C)C(=O)Nc1ccc(CO)cc1. The number of primary amides is 1. The van der Waals surface area contributed by atoms with Crippen molar-refractivity contribution in [3.05, 3.63) is 29.8 Å². The average molecular weight is 337 g/mol. The summed E-state index contributed by atoms with van der Waals surface area (Å²) in [5.41, 5.74) is 6.20. The first-order valence-electron chi connectivity index (χ1n) is 7.51. The van der Waals surface area contributed by atoms with Gasteiger partial charge >= 0.3 is 6.09 Å². The van der Waals surface area contributed by atoms with E-state index < -0.39 is 30.1 Å². The molecule has 0 aromatic heterocycles. The van der Waals surface area contributed by atoms with E-state index in [1.165, 1.54) is 6.92 Å². The minimum atomic E-state index is -1.07. The Morgan fingerprint density at radius 3 is 2.17 bits per heavy atom. The summed E-state index contributed by atoms with van der Waals surface area (Å²) in [5, 5.41) is 14.1. The van der Waals surface area contributed by atoms with Crippen LogP contribution in [0.5, 0.6) is 0 Å². The molecular weight excluding hydrogens is 314 g/mol. The van der Waals surface area contributed by atoms with Crippen LogP contribution in [0.25, 0.3) is 0 Å². The normalized spacial score (nSPS) is 13.0. The summed E-state index contributed by atoms with van der Waals surface area (Å²) in [4.78, 5) is 35.1. The summed E-state index contributed by atoms with van der Waals surface area (Å²) in [6.07, 6.45) is -2.12. The van der Waals surface area contributed by atoms with Crippen molar-refractivity contribution in [3.63, 3.8) is 0 Å². The van der Waals surface area contributed by atoms with E-state index in [2.05, 4.69) is 10.6 Å². The maximum absolute atomic E-state index is 12.1. The van der Waals surface area contributed by atoms with Gasteiger partial charge in [0, 0.05) is 5.69 Å². The van der Waals surface area contributed by atoms with E-state index in [9.17, 15) is 14.4 Å². The number of aliphatic hydroxyl groups excluding tert-OH is 1. The first-order valence-corrected chi connectivity index (χ1v) is 7.51. The molecule has 0 saturated carbocycles. The van der Waals surface area contributed by atoms with Crippen molar-refractivity contribution in [2.24, 2.45) is 11.7 Å². The number of carbonyl (C=O) groups is 3. The van der Waals surface area contributed by atoms with Crippen molar-refractivity contribution < 1.29 is 24.2 Å². The number of benzene rings is 1. The van der Waals surface area contributed by atoms with Crippen LogP contribution in [0.2, 0.25) is 0 Å². The standard InChI is InChI=1S/C16H23N3O5/c1-9(2)13(24-16(17)23)15(22)18-10(3)14(21)19-12-6-4-11(8-20)5-7-12/h4-7,9-10,13,20H,8H2,1-3H3,(H2,17,23)(H,18,22)(H,19,21). The smallest absolute Gasteiger partial charge is 0.405 e. The fraction of sp³-hybridized carbons (Fsp3) is 0.438. The van der Waals surface area contributed by atoms with Crippen LogP contribution < -0.4 is 16.4 Å². The van der Waals surface area contributed by atoms with Gasteiger partial charge < -0.3 is 26.2 Å². The van der Waals surface area contributed by atoms with Crippen LogP contribution in [-0.4, -0.2) is 35.2 Å². The van der Waals surface area contributed by atoms with Crippen molar-refractivity contribution in [1.82, 2.24) is 5.32 Å². The number of nitrogens with two attached hydrogens (primary N) is 1. The van der Waals surface area contributed by atoms with Gasteiger partial charge in [-0.25, -0.2) is 4.79 Å². The molecule has 1 rings (SSSR count). The third-order valence-corrected chi connectivity index (χ3v) is 3.26. The molecule has 8 nitrogen and oxygen atoms in total. The zero-order chi connectivity index (χ0) is 18.3. The Balaban J connectivity index is 2.64. The summed E-state index contributed by atoms with van der Waals surface area (Å²) >= 11 is 0. The van der Waals surface area contributed by atoms with Crippen LogP contribution in [0.4, 0.5) is 10.5 Å². The first-order chi connectivity index (χ1) is 11.2. The van der Waals surface area contributed by atoms with Crippen molar-refractivity contribution in [2.75, 3.05) is 5.32 Å². The van der Waals surface area contributed by atoms with Gasteiger partial charge in [0.2, 0.25) is 5.91 Å². The lowest BCUT2D eigenvalue weighted by Crippen LogP contribution is -2.49. The highest BCUT2D eigenvalue weighted by Crippen LogP contribution is 2.11. The van der Waals surface area contributed by atoms with Gasteiger partial charge in [0.1, 0.15) is 6.04 Å². The third-order valence-electron chi connectivity index (χ3n) is 3.26. The van der Waals surface area contributed by atoms with Crippen LogP contribution in [0.3, 0.4) is 0 Å². The number of anilines is 1. The largest absolute Gasteiger partial charge is 0.436 e. The van der Waals surface area contributed by atoms with Crippen LogP contribution in [0, 0.1) is 5.92 Å². The van der Waals surface area contributed by atoms with Gasteiger partial charge in [-0.3, -0.25) is 9.59 Å². The Hall–Kier alpha value is -2.61. The lowest BCUT2D eigenvalue weighted by Gasteiger charge is -2.22. The van der Waals surface area contributed by atoms with Crippen LogP contribution in [0.1, 0.15) is 26.3 Å². The number of hydrogen-bond acceptors (Lipinski definition) is 5. The Morgan fingerprint density at radius 1 is 1.12 bits per heavy atom. The van der Waals surface area contributed by atoms with E-state index in [1.54, 1.807) is 38.1 Å². The van der Waals surface area contributed by atoms with Crippen molar-refractivity contribution in [3.8, 4) is 0 Å². The summed E-state index contributed by atoms with van der Waals surface area (Å²) in [5.74, 6) is -1.32. The summed E-state index contributed by atoms with van der Waals surface area (Å²) in [7, 11) is 0. The number of carbonyl (C=O) groups excluding carboxylic acids is 3. The van der Waals surface area contributed by atoms with Crippen molar-refractivity contribution in [2.45, 2.75) is 39.5 Å². The molecule has 0 aliphatic carbocycles. The highest BCUT2D eigenvalue weighted by molar-refractivity contribution is 5.97. The average Bonchev–Trinajstić information content (AvgIpc) is 2.52. The quantitative estimate of drug-likeness (QED) is 0.583. The van der Waals surface area contributed by atoms with Crippen molar-refractivity contribution in [1.29, 1.82) is 0 Å². The number of aliphatic hydroxyl groups is 1. The maximum Gasteiger partial charge on any atom is 0.405 e. The van der Waals surface area contributed by atoms with Gasteiger partial charge in [0.15, 0.2) is 6.10 Å². The molecule has 132 valence electrons. The topological polar surface area (TPSA) is 131 Å². The molecule has 5 N–H and O–H groups in total. The Bertz CT molecular complexity index is 586. The molecule has 1 aromatic rings. The van der Waals surface area contributed by atoms with E-state index in [4.69, 9.17) is 15.6 Å². The lowest BCUT2D eigenvalue weighted by molar-refractivity contribution is -0.134. The Kier molecular flexibility index (Phi) is 7.19. The molecule has 0 saturated heterocycles. The van der Waals surface area contributed by atoms with Crippen molar-refractivity contribution >= 4 is 23.6 Å². The molecule has 0 aliphatic heterocycles. The lowest BCUT2D eigenvalue weighted by atomic mass is 10.1. The molecule has 24 heavy (non-hydrogen) atoms. The van der Waals surface area contributed by atoms with Crippen LogP contribution >= 0.6 is 0 Å². The number of nitrogens with one attached hydrogen (secondary N) is 2. The summed E-state index contributed by atoms with van der Waals surface area (Å²) in [6.45, 7) is 4.81. The minimum absolute atomic E-state index is 0.0862. The third kappa shape index (κ3) is 5.88. The van der Waals surface area contributed by atoms with Gasteiger partial charge in [-0.05, 0) is 30.5 Å². The second kappa shape index (κ2) is 8.88. The molecule has 0 aliphatic rings. The fourth-order valence-corrected chi connectivity index (χ4v) is 1.92. The van der Waals surface area contributed by atoms with Gasteiger partial charge in [-0.1, -0.05) is 26.0 Å². The molecular formula is C16H23N3O5. The monoisotopic (exact) mass is 337 g/mol. The Labute approximate surface area is 140 Å². The number of amides is 3. The summed E-state index contributed by atoms with van der Waals surface area (Å²) in [6, 6.07) is 5.80. The molecule has 2 unspecified atom stereocenters. The highest BCUT2D eigenvalue weighted by Gasteiger charge is 2.28. The highest BCUT2D eigenvalue weighted by atomic mass is 16.6. The molecule has 0 spiro atoms. The van der Waals surface area contributed by atoms with Crippen LogP contribution in [-0.2, 0) is 20.9 Å². The number of ether oxygens (including phenoxy) is 1. The molecule has 1 aromatic carbocycles. The Morgan fingerprint density at radius 2 is 1.71 bits per heavy atom. The second-order valence-corrected chi connectivity index (χ2v) is 5.68. The first kappa shape index (κ1) is 19.4. The number of rotatable bonds is 7. The maximum atomic E-state index is 12.1. The minimum Gasteiger partial charge on any atom is -0.436 e. The zero-order valence-corrected chi connectivity index (χ0v) is 13.9. The molecule has 0 radical (unpaired) electrons.